The van der Waals surface area contributed by atoms with Gasteiger partial charge in [-0.3, -0.25) is 0 Å². The van der Waals surface area contributed by atoms with Gasteiger partial charge in [0.05, 0.1) is 0 Å². The Bertz CT molecular complexity index is 2570. The van der Waals surface area contributed by atoms with E-state index < -0.39 is 13.3 Å². The van der Waals surface area contributed by atoms with Crippen molar-refractivity contribution >= 4 is 74.5 Å². The number of aryl methyl sites for hydroxylation is 5. The molecule has 0 fully saturated rings. The fraction of sp³-hybridized carbons (Fsp3) is 0.122. The van der Waals surface area contributed by atoms with Gasteiger partial charge in [0.1, 0.15) is 0 Å². The third-order valence-electron chi connectivity index (χ3n) is 11.0. The molecule has 0 amide bonds. The number of hydrogen-bond donors (Lipinski definition) is 0. The Morgan fingerprint density at radius 1 is 0.511 bits per heavy atom. The van der Waals surface area contributed by atoms with E-state index in [4.69, 9.17) is 4.74 Å². The number of aromatic nitrogens is 2. The van der Waals surface area contributed by atoms with Crippen LogP contribution in [0, 0.1) is 34.6 Å². The van der Waals surface area contributed by atoms with Crippen molar-refractivity contribution in [3.05, 3.63) is 119 Å². The fourth-order valence-electron chi connectivity index (χ4n) is 9.48. The normalized spacial score (nSPS) is 14.7. The van der Waals surface area contributed by atoms with Crippen molar-refractivity contribution in [2.75, 3.05) is 0 Å². The van der Waals surface area contributed by atoms with Gasteiger partial charge in [-0.05, 0) is 0 Å². The molecular weight excluding hydrogens is 609 g/mol. The number of fused-ring (bicyclic) bond motifs is 8. The second kappa shape index (κ2) is 7.72. The van der Waals surface area contributed by atoms with Crippen molar-refractivity contribution in [3.8, 4) is 22.9 Å². The Balaban J connectivity index is 1.53. The summed E-state index contributed by atoms with van der Waals surface area (Å²) in [5.41, 5.74) is 14.4. The van der Waals surface area contributed by atoms with Gasteiger partial charge in [-0.15, -0.1) is 0 Å². The zero-order chi connectivity index (χ0) is 30.1. The van der Waals surface area contributed by atoms with Crippen LogP contribution in [0.3, 0.4) is 0 Å². The van der Waals surface area contributed by atoms with E-state index >= 15 is 0 Å². The summed E-state index contributed by atoms with van der Waals surface area (Å²) in [7, 11) is 0. The van der Waals surface area contributed by atoms with E-state index in [1.807, 2.05) is 0 Å². The van der Waals surface area contributed by atoms with Crippen molar-refractivity contribution in [1.29, 1.82) is 0 Å². The van der Waals surface area contributed by atoms with Crippen LogP contribution in [-0.4, -0.2) is 22.4 Å². The standard InChI is InChI=1S/C41H30GeN2O/c1-21-11-13-29-27(15-21)35-24(4)19-33-38-40(35)43(29)31-17-23(3)18-32-37(31)42(38,26-9-7-6-8-10-26)39-34(45-33)20-25(5)36-28-16-22(2)12-14-30(28)44(32)41(36)39/h6-20H,1-5H3. The topological polar surface area (TPSA) is 19.1 Å². The van der Waals surface area contributed by atoms with Crippen molar-refractivity contribution in [2.24, 2.45) is 0 Å². The van der Waals surface area contributed by atoms with Gasteiger partial charge in [0.2, 0.25) is 0 Å². The Morgan fingerprint density at radius 3 is 1.53 bits per heavy atom. The molecule has 214 valence electrons. The first-order valence-electron chi connectivity index (χ1n) is 15.9. The zero-order valence-electron chi connectivity index (χ0n) is 26.0. The molecule has 45 heavy (non-hydrogen) atoms. The maximum atomic E-state index is 7.18. The van der Waals surface area contributed by atoms with Crippen molar-refractivity contribution in [2.45, 2.75) is 34.6 Å². The molecule has 0 unspecified atom stereocenters. The van der Waals surface area contributed by atoms with Gasteiger partial charge in [-0.1, -0.05) is 0 Å². The quantitative estimate of drug-likeness (QED) is 0.170. The maximum absolute atomic E-state index is 7.18. The van der Waals surface area contributed by atoms with Crippen LogP contribution in [0.25, 0.3) is 55.0 Å². The fourth-order valence-corrected chi connectivity index (χ4v) is 21.3. The van der Waals surface area contributed by atoms with Crippen LogP contribution in [0.5, 0.6) is 11.5 Å². The molecule has 3 nitrogen and oxygen atoms in total. The van der Waals surface area contributed by atoms with Crippen LogP contribution in [-0.2, 0) is 0 Å². The van der Waals surface area contributed by atoms with Gasteiger partial charge >= 0.3 is 265 Å². The van der Waals surface area contributed by atoms with Crippen molar-refractivity contribution < 1.29 is 4.74 Å². The predicted molar refractivity (Wildman–Crippen MR) is 190 cm³/mol. The predicted octanol–water partition coefficient (Wildman–Crippen LogP) is 7.53. The summed E-state index contributed by atoms with van der Waals surface area (Å²) in [6, 6.07) is 35.2. The minimum atomic E-state index is -3.70. The first-order chi connectivity index (χ1) is 21.9. The van der Waals surface area contributed by atoms with E-state index in [2.05, 4.69) is 135 Å². The SMILES string of the molecule is Cc1cc2[c]3c(c1)-n1c4ccc(C)cc4c4c(C)cc5[c](c41)[Ge]3([c]1ccccc1)[c]1c(cc(C)c3c4cc(C)ccc4n-2c13)O5. The van der Waals surface area contributed by atoms with Gasteiger partial charge in [-0.25, -0.2) is 0 Å². The summed E-state index contributed by atoms with van der Waals surface area (Å²) in [6.45, 7) is 11.2. The summed E-state index contributed by atoms with van der Waals surface area (Å²) in [5.74, 6) is 2.10. The van der Waals surface area contributed by atoms with Gasteiger partial charge in [0.15, 0.2) is 0 Å². The molecule has 0 spiro atoms. The average Bonchev–Trinajstić information content (AvgIpc) is 3.54. The van der Waals surface area contributed by atoms with Crippen LogP contribution in [0.1, 0.15) is 27.8 Å². The number of hydrogen-bond acceptors (Lipinski definition) is 1. The molecule has 0 aliphatic carbocycles. The summed E-state index contributed by atoms with van der Waals surface area (Å²) in [4.78, 5) is 0. The van der Waals surface area contributed by atoms with E-state index in [9.17, 15) is 0 Å². The van der Waals surface area contributed by atoms with Gasteiger partial charge in [-0.2, -0.15) is 0 Å². The first-order valence-corrected chi connectivity index (χ1v) is 20.1. The zero-order valence-corrected chi connectivity index (χ0v) is 28.1. The summed E-state index contributed by atoms with van der Waals surface area (Å²) < 4.78 is 18.3. The van der Waals surface area contributed by atoms with Crippen LogP contribution in [0.2, 0.25) is 0 Å². The third-order valence-corrected chi connectivity index (χ3v) is 21.3. The molecule has 4 heteroatoms. The molecule has 2 aromatic heterocycles. The molecule has 0 bridgehead atoms. The van der Waals surface area contributed by atoms with Gasteiger partial charge in [0, 0.05) is 0 Å². The number of benzene rings is 6. The molecule has 0 saturated carbocycles. The number of rotatable bonds is 1. The number of nitrogens with zero attached hydrogens (tertiary/aromatic N) is 2. The van der Waals surface area contributed by atoms with E-state index in [1.54, 1.807) is 0 Å². The van der Waals surface area contributed by atoms with E-state index in [1.165, 1.54) is 100 Å². The molecule has 0 radical (unpaired) electrons. The van der Waals surface area contributed by atoms with Crippen LogP contribution in [0.4, 0.5) is 0 Å². The average molecular weight is 639 g/mol. The molecule has 6 aromatic carbocycles. The molecular formula is C41H30GeN2O. The molecule has 5 heterocycles. The molecule has 11 rings (SSSR count). The Morgan fingerprint density at radius 2 is 1.02 bits per heavy atom. The Kier molecular flexibility index (Phi) is 4.22. The van der Waals surface area contributed by atoms with E-state index in [0.717, 1.165) is 11.5 Å². The van der Waals surface area contributed by atoms with Crippen LogP contribution < -0.4 is 22.3 Å². The monoisotopic (exact) mass is 640 g/mol. The molecule has 0 atom stereocenters. The molecule has 0 N–H and O–H groups in total. The second-order valence-corrected chi connectivity index (χ2v) is 21.2. The third kappa shape index (κ3) is 2.58. The van der Waals surface area contributed by atoms with Gasteiger partial charge in [0.25, 0.3) is 0 Å². The second-order valence-electron chi connectivity index (χ2n) is 13.7. The molecule has 0 saturated heterocycles. The van der Waals surface area contributed by atoms with Crippen LogP contribution in [0.15, 0.2) is 91.0 Å². The first kappa shape index (κ1) is 24.6. The summed E-state index contributed by atoms with van der Waals surface area (Å²) >= 11 is -3.70. The van der Waals surface area contributed by atoms with Crippen LogP contribution >= 0.6 is 0 Å². The van der Waals surface area contributed by atoms with Crippen molar-refractivity contribution in [3.63, 3.8) is 0 Å². The Labute approximate surface area is 263 Å². The van der Waals surface area contributed by atoms with Gasteiger partial charge < -0.3 is 0 Å². The Hall–Kier alpha value is -4.74. The summed E-state index contributed by atoms with van der Waals surface area (Å²) in [6.07, 6.45) is 0. The van der Waals surface area contributed by atoms with E-state index in [0.29, 0.717) is 0 Å². The number of ether oxygens (including phenoxy) is 1. The van der Waals surface area contributed by atoms with Crippen molar-refractivity contribution in [1.82, 2.24) is 9.13 Å². The minimum absolute atomic E-state index is 1.05. The molecule has 3 aliphatic rings. The van der Waals surface area contributed by atoms with E-state index in [-0.39, 0.29) is 0 Å². The summed E-state index contributed by atoms with van der Waals surface area (Å²) in [5, 5.41) is 5.42. The molecule has 8 aromatic rings. The molecule has 3 aliphatic heterocycles.